The van der Waals surface area contributed by atoms with E-state index in [4.69, 9.17) is 15.2 Å². The topological polar surface area (TPSA) is 86.0 Å². The van der Waals surface area contributed by atoms with Crippen molar-refractivity contribution in [3.8, 4) is 12.0 Å². The van der Waals surface area contributed by atoms with Crippen LogP contribution in [0.2, 0.25) is 0 Å². The maximum atomic E-state index is 5.60. The summed E-state index contributed by atoms with van der Waals surface area (Å²) in [5.74, 6) is 2.61. The molecule has 100 valence electrons. The number of rotatable bonds is 9. The average molecular weight is 252 g/mol. The molecule has 0 saturated heterocycles. The zero-order valence-corrected chi connectivity index (χ0v) is 10.7. The second kappa shape index (κ2) is 9.45. The van der Waals surface area contributed by atoms with Gasteiger partial charge in [-0.15, -0.1) is 0 Å². The van der Waals surface area contributed by atoms with Crippen LogP contribution >= 0.6 is 0 Å². The third-order valence-corrected chi connectivity index (χ3v) is 2.28. The van der Waals surface area contributed by atoms with Crippen LogP contribution < -0.4 is 5.73 Å². The molecule has 0 aromatic carbocycles. The van der Waals surface area contributed by atoms with Crippen LogP contribution in [0.1, 0.15) is 31.9 Å². The lowest BCUT2D eigenvalue weighted by atomic mass is 10.2. The summed E-state index contributed by atoms with van der Waals surface area (Å²) in [6.45, 7) is 2.76. The Bertz CT molecular complexity index is 356. The highest BCUT2D eigenvalue weighted by Gasteiger charge is 2.01. The second-order valence-electron chi connectivity index (χ2n) is 3.86. The van der Waals surface area contributed by atoms with Crippen molar-refractivity contribution in [2.45, 2.75) is 38.8 Å². The van der Waals surface area contributed by atoms with Gasteiger partial charge in [-0.25, -0.2) is 0 Å². The number of aryl methyl sites for hydroxylation is 1. The van der Waals surface area contributed by atoms with Gasteiger partial charge in [0, 0.05) is 13.5 Å². The minimum Gasteiger partial charge on any atom is -0.425 e. The molecule has 1 aromatic heterocycles. The minimum atomic E-state index is -0.465. The van der Waals surface area contributed by atoms with Crippen LogP contribution in [0.25, 0.3) is 0 Å². The number of H-pyrrole nitrogens is 1. The number of ether oxygens (including phenoxy) is 2. The number of hydrogen-bond donors (Lipinski definition) is 2. The van der Waals surface area contributed by atoms with Crippen LogP contribution in [0.5, 0.6) is 0 Å². The fourth-order valence-corrected chi connectivity index (χ4v) is 1.40. The van der Waals surface area contributed by atoms with E-state index in [-0.39, 0.29) is 0 Å². The summed E-state index contributed by atoms with van der Waals surface area (Å²) in [5.41, 5.74) is 6.60. The van der Waals surface area contributed by atoms with Crippen LogP contribution in [-0.4, -0.2) is 34.9 Å². The molecule has 18 heavy (non-hydrogen) atoms. The first-order valence-corrected chi connectivity index (χ1v) is 6.08. The summed E-state index contributed by atoms with van der Waals surface area (Å²) in [6.07, 6.45) is 7.87. The molecule has 1 unspecified atom stereocenters. The molecule has 0 amide bonds. The number of aromatic amines is 1. The lowest BCUT2D eigenvalue weighted by molar-refractivity contribution is 0.0375. The summed E-state index contributed by atoms with van der Waals surface area (Å²) in [4.78, 5) is 0. The van der Waals surface area contributed by atoms with E-state index in [2.05, 4.69) is 27.4 Å². The van der Waals surface area contributed by atoms with Crippen LogP contribution in [0.15, 0.2) is 6.20 Å². The van der Waals surface area contributed by atoms with Gasteiger partial charge in [-0.1, -0.05) is 12.3 Å². The van der Waals surface area contributed by atoms with E-state index in [1.165, 1.54) is 0 Å². The van der Waals surface area contributed by atoms with Crippen LogP contribution in [0.3, 0.4) is 0 Å². The van der Waals surface area contributed by atoms with Crippen LogP contribution in [0, 0.1) is 12.0 Å². The van der Waals surface area contributed by atoms with E-state index in [9.17, 15) is 0 Å². The van der Waals surface area contributed by atoms with Gasteiger partial charge in [-0.3, -0.25) is 5.73 Å². The third kappa shape index (κ3) is 6.89. The standard InChI is InChI=1S/C12H20N4O2/c1-2-7-18-12(13)10-17-8-5-3-4-6-11-9-14-16-15-11/h9,12H,3-6,8,10,13H2,1H3,(H,14,15,16). The third-order valence-electron chi connectivity index (χ3n) is 2.28. The number of nitrogens with two attached hydrogens (primary N) is 1. The maximum Gasteiger partial charge on any atom is 0.183 e. The van der Waals surface area contributed by atoms with Gasteiger partial charge in [0.1, 0.15) is 6.11 Å². The molecule has 0 aliphatic rings. The van der Waals surface area contributed by atoms with Crippen molar-refractivity contribution in [2.24, 2.45) is 5.73 Å². The zero-order valence-electron chi connectivity index (χ0n) is 10.7. The Morgan fingerprint density at radius 2 is 2.33 bits per heavy atom. The fraction of sp³-hybridized carbons (Fsp3) is 0.667. The summed E-state index contributed by atoms with van der Waals surface area (Å²) in [5, 5.41) is 10.3. The van der Waals surface area contributed by atoms with Gasteiger partial charge in [0.25, 0.3) is 0 Å². The van der Waals surface area contributed by atoms with Gasteiger partial charge in [-0.05, 0) is 19.3 Å². The number of unbranched alkanes of at least 4 members (excludes halogenated alkanes) is 2. The van der Waals surface area contributed by atoms with Crippen LogP contribution in [0.4, 0.5) is 0 Å². The van der Waals surface area contributed by atoms with Gasteiger partial charge in [-0.2, -0.15) is 15.4 Å². The predicted molar refractivity (Wildman–Crippen MR) is 67.3 cm³/mol. The van der Waals surface area contributed by atoms with Gasteiger partial charge in [0.05, 0.1) is 18.5 Å². The van der Waals surface area contributed by atoms with Gasteiger partial charge in [0.2, 0.25) is 0 Å². The van der Waals surface area contributed by atoms with E-state index in [0.29, 0.717) is 13.2 Å². The molecule has 3 N–H and O–H groups in total. The van der Waals surface area contributed by atoms with E-state index < -0.39 is 6.23 Å². The quantitative estimate of drug-likeness (QED) is 0.386. The Kier molecular flexibility index (Phi) is 7.60. The van der Waals surface area contributed by atoms with Crippen molar-refractivity contribution in [1.82, 2.24) is 15.4 Å². The van der Waals surface area contributed by atoms with E-state index >= 15 is 0 Å². The number of aromatic nitrogens is 3. The van der Waals surface area contributed by atoms with Gasteiger partial charge >= 0.3 is 0 Å². The smallest absolute Gasteiger partial charge is 0.183 e. The molecule has 6 heteroatoms. The largest absolute Gasteiger partial charge is 0.425 e. The molecule has 0 bridgehead atoms. The highest BCUT2D eigenvalue weighted by Crippen LogP contribution is 2.02. The molecular weight excluding hydrogens is 232 g/mol. The van der Waals surface area contributed by atoms with Crippen molar-refractivity contribution in [3.63, 3.8) is 0 Å². The van der Waals surface area contributed by atoms with Gasteiger partial charge in [0.15, 0.2) is 6.23 Å². The SMILES string of the molecule is CC#COC(N)COCCCCCc1cn[nH]n1. The molecule has 0 aliphatic carbocycles. The van der Waals surface area contributed by atoms with Crippen molar-refractivity contribution >= 4 is 0 Å². The molecule has 6 nitrogen and oxygen atoms in total. The summed E-state index contributed by atoms with van der Waals surface area (Å²) in [7, 11) is 0. The number of nitrogens with one attached hydrogen (secondary N) is 1. The average Bonchev–Trinajstić information content (AvgIpc) is 2.88. The number of hydrogen-bond acceptors (Lipinski definition) is 5. The van der Waals surface area contributed by atoms with Crippen molar-refractivity contribution in [2.75, 3.05) is 13.2 Å². The van der Waals surface area contributed by atoms with E-state index in [0.717, 1.165) is 31.4 Å². The van der Waals surface area contributed by atoms with Crippen molar-refractivity contribution in [1.29, 1.82) is 0 Å². The summed E-state index contributed by atoms with van der Waals surface area (Å²) < 4.78 is 10.3. The zero-order chi connectivity index (χ0) is 13.1. The fourth-order valence-electron chi connectivity index (χ4n) is 1.40. The molecule has 0 fully saturated rings. The minimum absolute atomic E-state index is 0.373. The number of nitrogens with zero attached hydrogens (tertiary/aromatic N) is 2. The Labute approximate surface area is 107 Å². The Morgan fingerprint density at radius 1 is 1.44 bits per heavy atom. The van der Waals surface area contributed by atoms with E-state index in [1.54, 1.807) is 13.1 Å². The molecule has 1 atom stereocenters. The lowest BCUT2D eigenvalue weighted by Gasteiger charge is -2.09. The first kappa shape index (κ1) is 14.5. The van der Waals surface area contributed by atoms with Crippen LogP contribution in [-0.2, 0) is 15.9 Å². The second-order valence-corrected chi connectivity index (χ2v) is 3.86. The first-order chi connectivity index (χ1) is 8.83. The highest BCUT2D eigenvalue weighted by molar-refractivity contribution is 4.89. The molecule has 1 aromatic rings. The normalized spacial score (nSPS) is 11.7. The molecule has 0 saturated carbocycles. The van der Waals surface area contributed by atoms with E-state index in [1.807, 2.05) is 0 Å². The Hall–Kier alpha value is -1.58. The lowest BCUT2D eigenvalue weighted by Crippen LogP contribution is -2.28. The molecule has 0 radical (unpaired) electrons. The summed E-state index contributed by atoms with van der Waals surface area (Å²) >= 11 is 0. The van der Waals surface area contributed by atoms with Gasteiger partial charge < -0.3 is 9.47 Å². The predicted octanol–water partition coefficient (Wildman–Crippen LogP) is 0.816. The summed E-state index contributed by atoms with van der Waals surface area (Å²) in [6, 6.07) is 0. The molecular formula is C12H20N4O2. The molecule has 1 heterocycles. The van der Waals surface area contributed by atoms with Crippen molar-refractivity contribution < 1.29 is 9.47 Å². The molecule has 1 rings (SSSR count). The molecule has 0 spiro atoms. The van der Waals surface area contributed by atoms with Crippen molar-refractivity contribution in [3.05, 3.63) is 11.9 Å². The first-order valence-electron chi connectivity index (χ1n) is 6.08. The Morgan fingerprint density at radius 3 is 3.06 bits per heavy atom. The monoisotopic (exact) mass is 252 g/mol. The maximum absolute atomic E-state index is 5.60. The molecule has 0 aliphatic heterocycles. The highest BCUT2D eigenvalue weighted by atomic mass is 16.5. The Balaban J connectivity index is 1.87.